The third-order valence-corrected chi connectivity index (χ3v) is 7.63. The van der Waals surface area contributed by atoms with Gasteiger partial charge in [0.25, 0.3) is 0 Å². The first-order valence-electron chi connectivity index (χ1n) is 11.6. The molecule has 1 aromatic heterocycles. The predicted octanol–water partition coefficient (Wildman–Crippen LogP) is 6.56. The Kier molecular flexibility index (Phi) is 8.23. The standard InChI is InChI=1S/C25H31N5OS2/c1-18(2)30(21-11-7-4-8-12-21)22-15-13-20(14-16-22)26-23(31)17-32-25-29-28-24(33-25)27-19-9-5-3-6-10-19/h4,7-8,11-16,18-19H,3,5-6,9-10,17H2,1-2H3,(H,26,31)(H,27,28). The fourth-order valence-electron chi connectivity index (χ4n) is 4.11. The molecule has 6 nitrogen and oxygen atoms in total. The minimum absolute atomic E-state index is 0.0477. The number of amides is 1. The molecule has 0 spiro atoms. The van der Waals surface area contributed by atoms with Gasteiger partial charge in [-0.05, 0) is 63.1 Å². The predicted molar refractivity (Wildman–Crippen MR) is 140 cm³/mol. The highest BCUT2D eigenvalue weighted by atomic mass is 32.2. The van der Waals surface area contributed by atoms with E-state index in [-0.39, 0.29) is 5.91 Å². The molecule has 2 N–H and O–H groups in total. The first kappa shape index (κ1) is 23.6. The molecule has 1 amide bonds. The number of nitrogens with one attached hydrogen (secondary N) is 2. The van der Waals surface area contributed by atoms with Crippen LogP contribution >= 0.6 is 23.1 Å². The number of hydrogen-bond acceptors (Lipinski definition) is 7. The maximum absolute atomic E-state index is 12.5. The summed E-state index contributed by atoms with van der Waals surface area (Å²) in [5.74, 6) is 0.260. The third kappa shape index (κ3) is 6.71. The van der Waals surface area contributed by atoms with Gasteiger partial charge in [-0.25, -0.2) is 0 Å². The monoisotopic (exact) mass is 481 g/mol. The second kappa shape index (κ2) is 11.5. The number of para-hydroxylation sites is 1. The van der Waals surface area contributed by atoms with Crippen LogP contribution in [-0.2, 0) is 4.79 Å². The lowest BCUT2D eigenvalue weighted by atomic mass is 9.96. The molecule has 0 radical (unpaired) electrons. The summed E-state index contributed by atoms with van der Waals surface area (Å²) in [6, 6.07) is 19.1. The van der Waals surface area contributed by atoms with E-state index in [1.54, 1.807) is 0 Å². The summed E-state index contributed by atoms with van der Waals surface area (Å²) in [5.41, 5.74) is 3.03. The number of rotatable bonds is 9. The van der Waals surface area contributed by atoms with E-state index in [1.165, 1.54) is 55.2 Å². The summed E-state index contributed by atoms with van der Waals surface area (Å²) in [4.78, 5) is 14.7. The number of hydrogen-bond donors (Lipinski definition) is 2. The molecule has 0 aliphatic heterocycles. The maximum Gasteiger partial charge on any atom is 0.234 e. The second-order valence-electron chi connectivity index (χ2n) is 8.54. The molecule has 1 saturated carbocycles. The quantitative estimate of drug-likeness (QED) is 0.337. The van der Waals surface area contributed by atoms with Crippen molar-refractivity contribution in [1.82, 2.24) is 10.2 Å². The van der Waals surface area contributed by atoms with Crippen molar-refractivity contribution in [2.24, 2.45) is 0 Å². The number of thioether (sulfide) groups is 1. The highest BCUT2D eigenvalue weighted by Gasteiger charge is 2.16. The van der Waals surface area contributed by atoms with Crippen molar-refractivity contribution in [1.29, 1.82) is 0 Å². The van der Waals surface area contributed by atoms with Gasteiger partial charge >= 0.3 is 0 Å². The van der Waals surface area contributed by atoms with Crippen LogP contribution in [0.25, 0.3) is 0 Å². The molecule has 4 rings (SSSR count). The summed E-state index contributed by atoms with van der Waals surface area (Å²) in [7, 11) is 0. The van der Waals surface area contributed by atoms with Gasteiger partial charge in [0.15, 0.2) is 4.34 Å². The summed E-state index contributed by atoms with van der Waals surface area (Å²) in [5, 5.41) is 15.8. The Bertz CT molecular complexity index is 1020. The van der Waals surface area contributed by atoms with Crippen LogP contribution in [0.4, 0.5) is 22.2 Å². The van der Waals surface area contributed by atoms with Gasteiger partial charge in [-0.2, -0.15) is 0 Å². The minimum atomic E-state index is -0.0477. The van der Waals surface area contributed by atoms with Crippen LogP contribution in [0, 0.1) is 0 Å². The average molecular weight is 482 g/mol. The van der Waals surface area contributed by atoms with Gasteiger partial charge in [0.2, 0.25) is 11.0 Å². The molecule has 3 aromatic rings. The van der Waals surface area contributed by atoms with Gasteiger partial charge in [-0.3, -0.25) is 4.79 Å². The molecule has 1 heterocycles. The van der Waals surface area contributed by atoms with Crippen molar-refractivity contribution in [2.75, 3.05) is 21.3 Å². The number of anilines is 4. The average Bonchev–Trinajstić information content (AvgIpc) is 3.27. The van der Waals surface area contributed by atoms with Gasteiger partial charge in [-0.15, -0.1) is 10.2 Å². The Morgan fingerprint density at radius 2 is 1.73 bits per heavy atom. The lowest BCUT2D eigenvalue weighted by Crippen LogP contribution is -2.25. The summed E-state index contributed by atoms with van der Waals surface area (Å²) >= 11 is 2.95. The van der Waals surface area contributed by atoms with E-state index in [1.807, 2.05) is 42.5 Å². The van der Waals surface area contributed by atoms with E-state index < -0.39 is 0 Å². The number of aromatic nitrogens is 2. The highest BCUT2D eigenvalue weighted by molar-refractivity contribution is 8.01. The van der Waals surface area contributed by atoms with Gasteiger partial charge in [0, 0.05) is 29.1 Å². The minimum Gasteiger partial charge on any atom is -0.357 e. The van der Waals surface area contributed by atoms with Gasteiger partial charge < -0.3 is 15.5 Å². The van der Waals surface area contributed by atoms with Crippen LogP contribution in [0.3, 0.4) is 0 Å². The lowest BCUT2D eigenvalue weighted by Gasteiger charge is -2.29. The number of benzene rings is 2. The van der Waals surface area contributed by atoms with Gasteiger partial charge in [0.1, 0.15) is 0 Å². The van der Waals surface area contributed by atoms with Crippen LogP contribution in [0.2, 0.25) is 0 Å². The fourth-order valence-corrected chi connectivity index (χ4v) is 5.74. The highest BCUT2D eigenvalue weighted by Crippen LogP contribution is 2.30. The Morgan fingerprint density at radius 1 is 1.03 bits per heavy atom. The molecule has 0 unspecified atom stereocenters. The summed E-state index contributed by atoms with van der Waals surface area (Å²) < 4.78 is 0.814. The van der Waals surface area contributed by atoms with Crippen LogP contribution in [0.15, 0.2) is 58.9 Å². The van der Waals surface area contributed by atoms with Crippen molar-refractivity contribution < 1.29 is 4.79 Å². The molecule has 1 fully saturated rings. The van der Waals surface area contributed by atoms with E-state index in [4.69, 9.17) is 0 Å². The molecule has 0 atom stereocenters. The summed E-state index contributed by atoms with van der Waals surface area (Å²) in [6.07, 6.45) is 6.28. The third-order valence-electron chi connectivity index (χ3n) is 5.65. The molecule has 1 aliphatic rings. The van der Waals surface area contributed by atoms with Crippen molar-refractivity contribution in [3.63, 3.8) is 0 Å². The molecular weight excluding hydrogens is 450 g/mol. The number of carbonyl (C=O) groups is 1. The molecule has 0 saturated heterocycles. The molecule has 33 heavy (non-hydrogen) atoms. The number of carbonyl (C=O) groups excluding carboxylic acids is 1. The molecule has 0 bridgehead atoms. The van der Waals surface area contributed by atoms with Crippen molar-refractivity contribution >= 4 is 51.2 Å². The van der Waals surface area contributed by atoms with Gasteiger partial charge in [0.05, 0.1) is 5.75 Å². The van der Waals surface area contributed by atoms with Crippen molar-refractivity contribution in [3.05, 3.63) is 54.6 Å². The fraction of sp³-hybridized carbons (Fsp3) is 0.400. The Balaban J connectivity index is 1.28. The first-order valence-corrected chi connectivity index (χ1v) is 13.4. The van der Waals surface area contributed by atoms with Crippen LogP contribution in [0.1, 0.15) is 46.0 Å². The lowest BCUT2D eigenvalue weighted by molar-refractivity contribution is -0.113. The largest absolute Gasteiger partial charge is 0.357 e. The Morgan fingerprint density at radius 3 is 2.42 bits per heavy atom. The normalized spacial score (nSPS) is 14.3. The molecule has 1 aliphatic carbocycles. The zero-order valence-corrected chi connectivity index (χ0v) is 20.8. The van der Waals surface area contributed by atoms with E-state index >= 15 is 0 Å². The molecular formula is C25H31N5OS2. The van der Waals surface area contributed by atoms with Crippen LogP contribution < -0.4 is 15.5 Å². The SMILES string of the molecule is CC(C)N(c1ccccc1)c1ccc(NC(=O)CSc2nnc(NC3CCCCC3)s2)cc1. The topological polar surface area (TPSA) is 70.2 Å². The Hall–Kier alpha value is -2.58. The van der Waals surface area contributed by atoms with E-state index in [0.717, 1.165) is 26.5 Å². The van der Waals surface area contributed by atoms with Crippen LogP contribution in [0.5, 0.6) is 0 Å². The van der Waals surface area contributed by atoms with E-state index in [9.17, 15) is 4.79 Å². The second-order valence-corrected chi connectivity index (χ2v) is 10.7. The van der Waals surface area contributed by atoms with Gasteiger partial charge in [-0.1, -0.05) is 60.6 Å². The first-order chi connectivity index (χ1) is 16.1. The zero-order valence-electron chi connectivity index (χ0n) is 19.2. The van der Waals surface area contributed by atoms with E-state index in [2.05, 4.69) is 51.7 Å². The van der Waals surface area contributed by atoms with Crippen molar-refractivity contribution in [2.45, 2.75) is 62.4 Å². The molecule has 8 heteroatoms. The van der Waals surface area contributed by atoms with E-state index in [0.29, 0.717) is 17.8 Å². The maximum atomic E-state index is 12.5. The molecule has 2 aromatic carbocycles. The number of nitrogens with zero attached hydrogens (tertiary/aromatic N) is 3. The van der Waals surface area contributed by atoms with Crippen LogP contribution in [-0.4, -0.2) is 33.9 Å². The van der Waals surface area contributed by atoms with Crippen molar-refractivity contribution in [3.8, 4) is 0 Å². The zero-order chi connectivity index (χ0) is 23.0. The molecule has 174 valence electrons. The Labute approximate surface area is 204 Å². The smallest absolute Gasteiger partial charge is 0.234 e. The summed E-state index contributed by atoms with van der Waals surface area (Å²) in [6.45, 7) is 4.34.